The van der Waals surface area contributed by atoms with Crippen LogP contribution in [-0.4, -0.2) is 20.8 Å². The third-order valence-corrected chi connectivity index (χ3v) is 3.24. The molecule has 1 heterocycles. The van der Waals surface area contributed by atoms with Gasteiger partial charge in [-0.05, 0) is 23.3 Å². The predicted molar refractivity (Wildman–Crippen MR) is 63.6 cm³/mol. The molecule has 18 heavy (non-hydrogen) atoms. The Morgan fingerprint density at radius 3 is 2.72 bits per heavy atom. The number of alkyl halides is 2. The summed E-state index contributed by atoms with van der Waals surface area (Å²) in [7, 11) is 0. The summed E-state index contributed by atoms with van der Waals surface area (Å²) in [5.74, 6) is 0. The molecule has 0 fully saturated rings. The minimum Gasteiger partial charge on any atom is -0.612 e. The van der Waals surface area contributed by atoms with Gasteiger partial charge >= 0.3 is 0 Å². The second-order valence-corrected chi connectivity index (χ2v) is 4.94. The van der Waals surface area contributed by atoms with Crippen LogP contribution in [0.1, 0.15) is 12.1 Å². The van der Waals surface area contributed by atoms with E-state index in [1.807, 2.05) is 0 Å². The smallest absolute Gasteiger partial charge is 0.280 e. The van der Waals surface area contributed by atoms with E-state index in [0.717, 1.165) is 0 Å². The van der Waals surface area contributed by atoms with E-state index < -0.39 is 17.6 Å². The van der Waals surface area contributed by atoms with E-state index in [4.69, 9.17) is 0 Å². The van der Waals surface area contributed by atoms with Crippen LogP contribution >= 0.6 is 0 Å². The molecule has 1 unspecified atom stereocenters. The third kappa shape index (κ3) is 2.83. The summed E-state index contributed by atoms with van der Waals surface area (Å²) in [4.78, 5) is 7.82. The van der Waals surface area contributed by atoms with Crippen molar-refractivity contribution in [3.05, 3.63) is 42.4 Å². The Kier molecular flexibility index (Phi) is 3.88. The standard InChI is InChI=1S/C12H9F2N2OS/c1-18(17)9-4-2-3-8(5-9)10-6-11(12(13)14)16-7-15-10/h2-6,12H,1H3. The molecule has 0 aliphatic heterocycles. The number of halogens is 2. The maximum atomic E-state index is 12.5. The van der Waals surface area contributed by atoms with Crippen molar-refractivity contribution in [2.24, 2.45) is 0 Å². The normalized spacial score (nSPS) is 12.7. The fourth-order valence-corrected chi connectivity index (χ4v) is 2.00. The first kappa shape index (κ1) is 12.9. The summed E-state index contributed by atoms with van der Waals surface area (Å²) in [6.45, 7) is 0. The monoisotopic (exact) mass is 267 g/mol. The summed E-state index contributed by atoms with van der Waals surface area (Å²) in [6.07, 6.45) is 1.09. The van der Waals surface area contributed by atoms with Crippen molar-refractivity contribution in [2.75, 3.05) is 6.26 Å². The molecule has 0 spiro atoms. The van der Waals surface area contributed by atoms with Crippen molar-refractivity contribution in [1.82, 2.24) is 9.97 Å². The van der Waals surface area contributed by atoms with Crippen LogP contribution < -0.4 is 0 Å². The molecular weight excluding hydrogens is 258 g/mol. The first-order valence-electron chi connectivity index (χ1n) is 5.05. The Labute approximate surface area is 106 Å². The quantitative estimate of drug-likeness (QED) is 0.803. The van der Waals surface area contributed by atoms with Gasteiger partial charge in [0.05, 0.1) is 5.69 Å². The van der Waals surface area contributed by atoms with Crippen LogP contribution in [0.3, 0.4) is 0 Å². The molecule has 1 radical (unpaired) electrons. The van der Waals surface area contributed by atoms with Gasteiger partial charge in [0.2, 0.25) is 0 Å². The maximum Gasteiger partial charge on any atom is 0.280 e. The highest BCUT2D eigenvalue weighted by Gasteiger charge is 2.12. The van der Waals surface area contributed by atoms with Crippen LogP contribution in [0.2, 0.25) is 0 Å². The second-order valence-electron chi connectivity index (χ2n) is 3.56. The molecule has 1 aromatic carbocycles. The van der Waals surface area contributed by atoms with Crippen molar-refractivity contribution in [3.63, 3.8) is 0 Å². The SMILES string of the molecule is C[S+]([O-])c1cccc(-c2cc(C(F)F)n[c]n2)c1. The van der Waals surface area contributed by atoms with E-state index >= 15 is 0 Å². The average Bonchev–Trinajstić information content (AvgIpc) is 2.39. The number of benzene rings is 1. The lowest BCUT2D eigenvalue weighted by molar-refractivity contribution is 0.146. The van der Waals surface area contributed by atoms with Gasteiger partial charge in [-0.25, -0.2) is 18.7 Å². The molecule has 93 valence electrons. The summed E-state index contributed by atoms with van der Waals surface area (Å²) < 4.78 is 36.4. The zero-order valence-corrected chi connectivity index (χ0v) is 10.2. The Hall–Kier alpha value is -1.53. The molecule has 2 aromatic rings. The number of hydrogen-bond acceptors (Lipinski definition) is 3. The maximum absolute atomic E-state index is 12.5. The van der Waals surface area contributed by atoms with Gasteiger partial charge in [0.15, 0.2) is 11.2 Å². The molecule has 3 nitrogen and oxygen atoms in total. The van der Waals surface area contributed by atoms with E-state index in [1.165, 1.54) is 6.07 Å². The Bertz CT molecular complexity index is 500. The highest BCUT2D eigenvalue weighted by atomic mass is 32.2. The van der Waals surface area contributed by atoms with E-state index in [1.54, 1.807) is 30.5 Å². The first-order valence-corrected chi connectivity index (χ1v) is 6.61. The lowest BCUT2D eigenvalue weighted by Crippen LogP contribution is -1.98. The van der Waals surface area contributed by atoms with Crippen LogP contribution in [0.15, 0.2) is 35.2 Å². The molecule has 6 heteroatoms. The largest absolute Gasteiger partial charge is 0.612 e. The molecule has 0 amide bonds. The van der Waals surface area contributed by atoms with Gasteiger partial charge in [-0.15, -0.1) is 0 Å². The number of rotatable bonds is 3. The van der Waals surface area contributed by atoms with Crippen molar-refractivity contribution in [1.29, 1.82) is 0 Å². The van der Waals surface area contributed by atoms with E-state index in [0.29, 0.717) is 16.2 Å². The van der Waals surface area contributed by atoms with Crippen LogP contribution in [-0.2, 0) is 11.2 Å². The van der Waals surface area contributed by atoms with Gasteiger partial charge in [0, 0.05) is 11.6 Å². The lowest BCUT2D eigenvalue weighted by Gasteiger charge is -2.06. The van der Waals surface area contributed by atoms with Crippen LogP contribution in [0.5, 0.6) is 0 Å². The molecule has 0 aliphatic rings. The van der Waals surface area contributed by atoms with Crippen LogP contribution in [0.25, 0.3) is 11.3 Å². The molecule has 0 saturated carbocycles. The fraction of sp³-hybridized carbons (Fsp3) is 0.167. The average molecular weight is 267 g/mol. The van der Waals surface area contributed by atoms with Gasteiger partial charge < -0.3 is 4.55 Å². The number of aromatic nitrogens is 2. The van der Waals surface area contributed by atoms with Crippen molar-refractivity contribution < 1.29 is 13.3 Å². The molecule has 1 atom stereocenters. The Morgan fingerprint density at radius 1 is 1.28 bits per heavy atom. The summed E-state index contributed by atoms with van der Waals surface area (Å²) in [5, 5.41) is 0. The van der Waals surface area contributed by atoms with Gasteiger partial charge in [-0.3, -0.25) is 0 Å². The minimum absolute atomic E-state index is 0.340. The molecular formula is C12H9F2N2OS. The Balaban J connectivity index is 2.42. The zero-order valence-electron chi connectivity index (χ0n) is 9.43. The van der Waals surface area contributed by atoms with E-state index in [2.05, 4.69) is 16.3 Å². The molecule has 2 rings (SSSR count). The van der Waals surface area contributed by atoms with Crippen LogP contribution in [0.4, 0.5) is 8.78 Å². The highest BCUT2D eigenvalue weighted by Crippen LogP contribution is 2.23. The van der Waals surface area contributed by atoms with E-state index in [9.17, 15) is 13.3 Å². The lowest BCUT2D eigenvalue weighted by atomic mass is 10.1. The van der Waals surface area contributed by atoms with Gasteiger partial charge in [-0.2, -0.15) is 0 Å². The molecule has 0 bridgehead atoms. The fourth-order valence-electron chi connectivity index (χ4n) is 1.44. The first-order chi connectivity index (χ1) is 8.58. The summed E-state index contributed by atoms with van der Waals surface area (Å²) in [6, 6.07) is 7.98. The topological polar surface area (TPSA) is 48.8 Å². The summed E-state index contributed by atoms with van der Waals surface area (Å²) in [5.41, 5.74) is 0.582. The molecule has 0 saturated heterocycles. The number of hydrogen-bond donors (Lipinski definition) is 0. The second kappa shape index (κ2) is 5.41. The van der Waals surface area contributed by atoms with Gasteiger partial charge in [0.1, 0.15) is 11.9 Å². The van der Waals surface area contributed by atoms with Crippen molar-refractivity contribution in [2.45, 2.75) is 11.3 Å². The third-order valence-electron chi connectivity index (χ3n) is 2.32. The number of nitrogens with zero attached hydrogens (tertiary/aromatic N) is 2. The highest BCUT2D eigenvalue weighted by molar-refractivity contribution is 7.90. The minimum atomic E-state index is -2.66. The van der Waals surface area contributed by atoms with Crippen molar-refractivity contribution >= 4 is 11.2 Å². The molecule has 1 aromatic heterocycles. The summed E-state index contributed by atoms with van der Waals surface area (Å²) >= 11 is -1.13. The molecule has 0 aliphatic carbocycles. The Morgan fingerprint density at radius 2 is 2.06 bits per heavy atom. The van der Waals surface area contributed by atoms with Gasteiger partial charge in [0.25, 0.3) is 6.43 Å². The van der Waals surface area contributed by atoms with E-state index in [-0.39, 0.29) is 5.69 Å². The zero-order chi connectivity index (χ0) is 13.1. The van der Waals surface area contributed by atoms with Crippen LogP contribution in [0, 0.1) is 6.33 Å². The molecule has 0 N–H and O–H groups in total. The predicted octanol–water partition coefficient (Wildman–Crippen LogP) is 2.62. The van der Waals surface area contributed by atoms with Crippen molar-refractivity contribution in [3.8, 4) is 11.3 Å². The van der Waals surface area contributed by atoms with Gasteiger partial charge in [-0.1, -0.05) is 12.1 Å².